The highest BCUT2D eigenvalue weighted by Crippen LogP contribution is 2.19. The highest BCUT2D eigenvalue weighted by atomic mass is 32.2. The predicted molar refractivity (Wildman–Crippen MR) is 54.8 cm³/mol. The van der Waals surface area contributed by atoms with Crippen molar-refractivity contribution in [1.82, 2.24) is 9.55 Å². The third-order valence-electron chi connectivity index (χ3n) is 1.97. The van der Waals surface area contributed by atoms with E-state index in [0.717, 1.165) is 0 Å². The Balaban J connectivity index is 3.37. The van der Waals surface area contributed by atoms with Gasteiger partial charge in [-0.3, -0.25) is 4.57 Å². The Labute approximate surface area is 83.9 Å². The average molecular weight is 217 g/mol. The molecule has 0 saturated heterocycles. The Morgan fingerprint density at radius 2 is 2.14 bits per heavy atom. The zero-order valence-electron chi connectivity index (χ0n) is 8.56. The van der Waals surface area contributed by atoms with Crippen molar-refractivity contribution in [2.45, 2.75) is 32.0 Å². The van der Waals surface area contributed by atoms with Crippen LogP contribution in [0.1, 0.15) is 26.8 Å². The molecule has 1 aromatic rings. The molecular weight excluding hydrogens is 202 g/mol. The molecule has 0 aliphatic carbocycles. The fourth-order valence-electron chi connectivity index (χ4n) is 1.23. The Kier molecular flexibility index (Phi) is 2.84. The molecule has 0 atom stereocenters. The molecule has 0 amide bonds. The van der Waals surface area contributed by atoms with Crippen LogP contribution in [-0.4, -0.2) is 23.7 Å². The maximum Gasteiger partial charge on any atom is 0.229 e. The van der Waals surface area contributed by atoms with E-state index in [0.29, 0.717) is 5.82 Å². The van der Waals surface area contributed by atoms with Crippen LogP contribution in [0.3, 0.4) is 0 Å². The summed E-state index contributed by atoms with van der Waals surface area (Å²) >= 11 is 0. The maximum absolute atomic E-state index is 11.6. The van der Waals surface area contributed by atoms with Gasteiger partial charge in [0, 0.05) is 6.04 Å². The first-order chi connectivity index (χ1) is 6.40. The summed E-state index contributed by atoms with van der Waals surface area (Å²) in [7, 11) is -3.28. The lowest BCUT2D eigenvalue weighted by atomic mass is 10.4. The summed E-state index contributed by atoms with van der Waals surface area (Å²) in [6, 6.07) is -0.00572. The van der Waals surface area contributed by atoms with Crippen LogP contribution in [-0.2, 0) is 9.84 Å². The minimum Gasteiger partial charge on any atom is -0.384 e. The number of nitrogens with two attached hydrogens (primary N) is 1. The minimum atomic E-state index is -3.28. The van der Waals surface area contributed by atoms with Gasteiger partial charge in [-0.05, 0) is 13.8 Å². The zero-order chi connectivity index (χ0) is 10.9. The smallest absolute Gasteiger partial charge is 0.229 e. The molecule has 0 aliphatic rings. The molecule has 0 saturated carbocycles. The van der Waals surface area contributed by atoms with Crippen molar-refractivity contribution in [3.05, 3.63) is 6.20 Å². The van der Waals surface area contributed by atoms with Gasteiger partial charge in [0.15, 0.2) is 0 Å². The quantitative estimate of drug-likeness (QED) is 0.813. The van der Waals surface area contributed by atoms with Gasteiger partial charge < -0.3 is 5.73 Å². The van der Waals surface area contributed by atoms with Crippen LogP contribution in [0.2, 0.25) is 0 Å². The lowest BCUT2D eigenvalue weighted by molar-refractivity contribution is 0.526. The van der Waals surface area contributed by atoms with Crippen LogP contribution < -0.4 is 5.73 Å². The van der Waals surface area contributed by atoms with Gasteiger partial charge in [-0.1, -0.05) is 6.92 Å². The maximum atomic E-state index is 11.6. The molecule has 0 radical (unpaired) electrons. The van der Waals surface area contributed by atoms with Gasteiger partial charge in [0.25, 0.3) is 0 Å². The minimum absolute atomic E-state index is 0.00572. The summed E-state index contributed by atoms with van der Waals surface area (Å²) in [4.78, 5) is 3.83. The summed E-state index contributed by atoms with van der Waals surface area (Å²) < 4.78 is 24.7. The van der Waals surface area contributed by atoms with Crippen LogP contribution in [0.25, 0.3) is 0 Å². The fourth-order valence-corrected chi connectivity index (χ4v) is 2.32. The van der Waals surface area contributed by atoms with Crippen LogP contribution >= 0.6 is 0 Å². The standard InChI is InChI=1S/C8H15N3O2S/c1-4-14(12,13)8-10-5-7(9)11(8)6(2)3/h5-6H,4,9H2,1-3H3. The molecule has 0 unspecified atom stereocenters. The second kappa shape index (κ2) is 3.61. The third kappa shape index (κ3) is 1.75. The van der Waals surface area contributed by atoms with E-state index in [1.54, 1.807) is 6.92 Å². The number of rotatable bonds is 3. The number of aromatic nitrogens is 2. The molecule has 0 aliphatic heterocycles. The molecule has 6 heteroatoms. The Hall–Kier alpha value is -1.04. The van der Waals surface area contributed by atoms with E-state index >= 15 is 0 Å². The first-order valence-corrected chi connectivity index (χ1v) is 6.10. The normalized spacial score (nSPS) is 12.3. The van der Waals surface area contributed by atoms with Gasteiger partial charge in [0.05, 0.1) is 11.9 Å². The molecule has 5 nitrogen and oxygen atoms in total. The van der Waals surface area contributed by atoms with Crippen molar-refractivity contribution >= 4 is 15.7 Å². The number of sulfone groups is 1. The van der Waals surface area contributed by atoms with Crippen molar-refractivity contribution in [3.8, 4) is 0 Å². The average Bonchev–Trinajstić information content (AvgIpc) is 2.47. The number of nitrogen functional groups attached to an aromatic ring is 1. The molecule has 1 rings (SSSR count). The van der Waals surface area contributed by atoms with Crippen molar-refractivity contribution in [1.29, 1.82) is 0 Å². The summed E-state index contributed by atoms with van der Waals surface area (Å²) in [5.74, 6) is 0.419. The molecule has 0 fully saturated rings. The number of imidazole rings is 1. The molecule has 0 aromatic carbocycles. The van der Waals surface area contributed by atoms with E-state index < -0.39 is 9.84 Å². The zero-order valence-corrected chi connectivity index (χ0v) is 9.37. The number of nitrogens with zero attached hydrogens (tertiary/aromatic N) is 2. The Morgan fingerprint density at radius 3 is 2.57 bits per heavy atom. The van der Waals surface area contributed by atoms with Crippen molar-refractivity contribution in [2.24, 2.45) is 0 Å². The van der Waals surface area contributed by atoms with E-state index in [9.17, 15) is 8.42 Å². The molecule has 14 heavy (non-hydrogen) atoms. The number of hydrogen-bond acceptors (Lipinski definition) is 4. The van der Waals surface area contributed by atoms with Crippen molar-refractivity contribution in [2.75, 3.05) is 11.5 Å². The largest absolute Gasteiger partial charge is 0.384 e. The lowest BCUT2D eigenvalue weighted by Crippen LogP contribution is -2.15. The van der Waals surface area contributed by atoms with E-state index in [1.807, 2.05) is 13.8 Å². The Bertz CT molecular complexity index is 420. The lowest BCUT2D eigenvalue weighted by Gasteiger charge is -2.12. The van der Waals surface area contributed by atoms with Crippen LogP contribution in [0.15, 0.2) is 11.4 Å². The predicted octanol–water partition coefficient (Wildman–Crippen LogP) is 0.840. The summed E-state index contributed by atoms with van der Waals surface area (Å²) in [6.45, 7) is 5.32. The van der Waals surface area contributed by atoms with Gasteiger partial charge in [0.1, 0.15) is 5.82 Å². The highest BCUT2D eigenvalue weighted by molar-refractivity contribution is 7.91. The van der Waals surface area contributed by atoms with Crippen molar-refractivity contribution in [3.63, 3.8) is 0 Å². The summed E-state index contributed by atoms with van der Waals surface area (Å²) in [6.07, 6.45) is 1.38. The van der Waals surface area contributed by atoms with Gasteiger partial charge in [-0.25, -0.2) is 13.4 Å². The monoisotopic (exact) mass is 217 g/mol. The molecule has 2 N–H and O–H groups in total. The van der Waals surface area contributed by atoms with E-state index in [2.05, 4.69) is 4.98 Å². The topological polar surface area (TPSA) is 78.0 Å². The SMILES string of the molecule is CCS(=O)(=O)c1ncc(N)n1C(C)C. The number of anilines is 1. The molecule has 80 valence electrons. The van der Waals surface area contributed by atoms with E-state index in [1.165, 1.54) is 10.8 Å². The molecule has 1 aromatic heterocycles. The van der Waals surface area contributed by atoms with Gasteiger partial charge in [-0.15, -0.1) is 0 Å². The number of hydrogen-bond donors (Lipinski definition) is 1. The van der Waals surface area contributed by atoms with Gasteiger partial charge in [-0.2, -0.15) is 0 Å². The second-order valence-electron chi connectivity index (χ2n) is 3.33. The summed E-state index contributed by atoms with van der Waals surface area (Å²) in [5, 5.41) is 0.0625. The third-order valence-corrected chi connectivity index (χ3v) is 3.58. The van der Waals surface area contributed by atoms with Gasteiger partial charge in [0.2, 0.25) is 15.0 Å². The van der Waals surface area contributed by atoms with E-state index in [4.69, 9.17) is 5.73 Å². The molecular formula is C8H15N3O2S. The second-order valence-corrected chi connectivity index (χ2v) is 5.50. The first kappa shape index (κ1) is 11.0. The fraction of sp³-hybridized carbons (Fsp3) is 0.625. The summed E-state index contributed by atoms with van der Waals surface area (Å²) in [5.41, 5.74) is 5.63. The molecule has 0 bridgehead atoms. The molecule has 0 spiro atoms. The van der Waals surface area contributed by atoms with Crippen LogP contribution in [0, 0.1) is 0 Å². The first-order valence-electron chi connectivity index (χ1n) is 4.45. The van der Waals surface area contributed by atoms with E-state index in [-0.39, 0.29) is 17.0 Å². The van der Waals surface area contributed by atoms with Crippen LogP contribution in [0.5, 0.6) is 0 Å². The molecule has 1 heterocycles. The van der Waals surface area contributed by atoms with Crippen molar-refractivity contribution < 1.29 is 8.42 Å². The van der Waals surface area contributed by atoms with Crippen LogP contribution in [0.4, 0.5) is 5.82 Å². The highest BCUT2D eigenvalue weighted by Gasteiger charge is 2.21. The van der Waals surface area contributed by atoms with Gasteiger partial charge >= 0.3 is 0 Å². The Morgan fingerprint density at radius 1 is 1.57 bits per heavy atom.